The first-order valence-corrected chi connectivity index (χ1v) is 11.0. The molecule has 4 aromatic rings. The van der Waals surface area contributed by atoms with Gasteiger partial charge in [-0.3, -0.25) is 4.79 Å². The molecular formula is C23H23N3O2S2. The molecule has 7 heteroatoms. The average molecular weight is 438 g/mol. The number of fused-ring (bicyclic) bond motifs is 1. The number of aromatic nitrogens is 1. The van der Waals surface area contributed by atoms with Crippen LogP contribution in [0.1, 0.15) is 27.3 Å². The van der Waals surface area contributed by atoms with Crippen molar-refractivity contribution in [3.63, 3.8) is 0 Å². The van der Waals surface area contributed by atoms with E-state index in [1.165, 1.54) is 4.88 Å². The largest absolute Gasteiger partial charge is 0.467 e. The first-order valence-electron chi connectivity index (χ1n) is 9.70. The Morgan fingerprint density at radius 1 is 1.20 bits per heavy atom. The van der Waals surface area contributed by atoms with Crippen LogP contribution in [0.5, 0.6) is 0 Å². The number of rotatable bonds is 6. The van der Waals surface area contributed by atoms with Crippen LogP contribution in [0.2, 0.25) is 0 Å². The first-order chi connectivity index (χ1) is 14.5. The zero-order chi connectivity index (χ0) is 21.1. The third-order valence-corrected chi connectivity index (χ3v) is 6.22. The molecule has 0 spiro atoms. The van der Waals surface area contributed by atoms with Crippen LogP contribution in [0, 0.1) is 13.8 Å². The van der Waals surface area contributed by atoms with Crippen molar-refractivity contribution in [2.45, 2.75) is 33.5 Å². The Kier molecular flexibility index (Phi) is 6.01. The molecule has 0 aliphatic heterocycles. The number of H-pyrrole nitrogens is 1. The van der Waals surface area contributed by atoms with E-state index >= 15 is 0 Å². The van der Waals surface area contributed by atoms with Crippen molar-refractivity contribution in [1.29, 1.82) is 0 Å². The quantitative estimate of drug-likeness (QED) is 0.421. The molecule has 3 aromatic heterocycles. The number of furan rings is 1. The number of hydrogen-bond acceptors (Lipinski definition) is 4. The molecule has 154 valence electrons. The molecule has 0 saturated heterocycles. The zero-order valence-corrected chi connectivity index (χ0v) is 18.5. The van der Waals surface area contributed by atoms with Crippen molar-refractivity contribution >= 4 is 39.6 Å². The molecule has 0 aliphatic rings. The summed E-state index contributed by atoms with van der Waals surface area (Å²) in [5.74, 6) is 0.808. The minimum Gasteiger partial charge on any atom is -0.467 e. The van der Waals surface area contributed by atoms with E-state index < -0.39 is 0 Å². The van der Waals surface area contributed by atoms with Crippen LogP contribution >= 0.6 is 23.6 Å². The summed E-state index contributed by atoms with van der Waals surface area (Å²) in [6.45, 7) is 5.65. The lowest BCUT2D eigenvalue weighted by molar-refractivity contribution is 0.396. The highest BCUT2D eigenvalue weighted by atomic mass is 32.1. The van der Waals surface area contributed by atoms with E-state index in [4.69, 9.17) is 16.6 Å². The number of nitrogens with zero attached hydrogens (tertiary/aromatic N) is 1. The molecule has 0 amide bonds. The van der Waals surface area contributed by atoms with E-state index in [1.54, 1.807) is 17.6 Å². The molecule has 0 bridgehead atoms. The van der Waals surface area contributed by atoms with Gasteiger partial charge in [0.2, 0.25) is 0 Å². The number of pyridine rings is 1. The van der Waals surface area contributed by atoms with Gasteiger partial charge in [-0.15, -0.1) is 11.3 Å². The monoisotopic (exact) mass is 437 g/mol. The first kappa shape index (κ1) is 20.4. The van der Waals surface area contributed by atoms with E-state index in [0.717, 1.165) is 27.8 Å². The van der Waals surface area contributed by atoms with Crippen LogP contribution < -0.4 is 10.9 Å². The maximum Gasteiger partial charge on any atom is 0.253 e. The van der Waals surface area contributed by atoms with Gasteiger partial charge in [-0.05, 0) is 72.9 Å². The van der Waals surface area contributed by atoms with Gasteiger partial charge in [-0.2, -0.15) is 0 Å². The van der Waals surface area contributed by atoms with Gasteiger partial charge in [0.15, 0.2) is 5.11 Å². The molecule has 0 unspecified atom stereocenters. The van der Waals surface area contributed by atoms with Gasteiger partial charge in [0, 0.05) is 21.3 Å². The summed E-state index contributed by atoms with van der Waals surface area (Å²) in [5.41, 5.74) is 3.74. The molecule has 4 rings (SSSR count). The van der Waals surface area contributed by atoms with Gasteiger partial charge >= 0.3 is 0 Å². The van der Waals surface area contributed by atoms with Crippen LogP contribution in [0.25, 0.3) is 10.9 Å². The fraction of sp³-hybridized carbons (Fsp3) is 0.217. The van der Waals surface area contributed by atoms with Crippen LogP contribution in [-0.4, -0.2) is 15.0 Å². The second-order valence-corrected chi connectivity index (χ2v) is 8.76. The lowest BCUT2D eigenvalue weighted by Gasteiger charge is -2.25. The molecule has 2 N–H and O–H groups in total. The van der Waals surface area contributed by atoms with Crippen molar-refractivity contribution in [2.75, 3.05) is 0 Å². The summed E-state index contributed by atoms with van der Waals surface area (Å²) in [6, 6.07) is 14.0. The summed E-state index contributed by atoms with van der Waals surface area (Å²) < 4.78 is 5.38. The Bertz CT molecular complexity index is 1210. The zero-order valence-electron chi connectivity index (χ0n) is 16.9. The molecule has 0 saturated carbocycles. The third kappa shape index (κ3) is 4.63. The summed E-state index contributed by atoms with van der Waals surface area (Å²) >= 11 is 7.34. The standard InChI is InChI=1S/C23H23N3O2S2/c1-15-9-16(2)20-11-17(22(27)25-21(20)10-15)13-26(14-19-6-4-8-30-19)23(29)24-12-18-5-3-7-28-18/h3-11H,12-14H2,1-2H3,(H,24,29)(H,25,27). The molecule has 3 heterocycles. The van der Waals surface area contributed by atoms with Gasteiger partial charge in [-0.1, -0.05) is 12.1 Å². The van der Waals surface area contributed by atoms with Crippen LogP contribution in [0.3, 0.4) is 0 Å². The average Bonchev–Trinajstić information content (AvgIpc) is 3.40. The van der Waals surface area contributed by atoms with E-state index in [1.807, 2.05) is 47.5 Å². The summed E-state index contributed by atoms with van der Waals surface area (Å²) in [6.07, 6.45) is 1.64. The number of aromatic amines is 1. The minimum absolute atomic E-state index is 0.0856. The highest BCUT2D eigenvalue weighted by Gasteiger charge is 2.15. The molecular weight excluding hydrogens is 414 g/mol. The lowest BCUT2D eigenvalue weighted by atomic mass is 10.0. The number of thiocarbonyl (C=S) groups is 1. The van der Waals surface area contributed by atoms with Crippen molar-refractivity contribution in [2.24, 2.45) is 0 Å². The summed E-state index contributed by atoms with van der Waals surface area (Å²) in [4.78, 5) is 19.0. The molecule has 30 heavy (non-hydrogen) atoms. The fourth-order valence-corrected chi connectivity index (χ4v) is 4.44. The maximum absolute atomic E-state index is 12.8. The number of thiophene rings is 1. The van der Waals surface area contributed by atoms with Crippen molar-refractivity contribution in [1.82, 2.24) is 15.2 Å². The Labute approximate surface area is 184 Å². The molecule has 0 atom stereocenters. The Balaban J connectivity index is 1.61. The van der Waals surface area contributed by atoms with E-state index in [0.29, 0.717) is 30.3 Å². The summed E-state index contributed by atoms with van der Waals surface area (Å²) in [5, 5.41) is 6.93. The SMILES string of the molecule is Cc1cc(C)c2cc(CN(Cc3cccs3)C(=S)NCc3ccco3)c(=O)[nH]c2c1. The molecule has 0 fully saturated rings. The maximum atomic E-state index is 12.8. The second-order valence-electron chi connectivity index (χ2n) is 7.34. The molecule has 1 aromatic carbocycles. The smallest absolute Gasteiger partial charge is 0.253 e. The van der Waals surface area contributed by atoms with E-state index in [9.17, 15) is 4.79 Å². The number of hydrogen-bond donors (Lipinski definition) is 2. The highest BCUT2D eigenvalue weighted by molar-refractivity contribution is 7.80. The van der Waals surface area contributed by atoms with Gasteiger partial charge in [0.25, 0.3) is 5.56 Å². The van der Waals surface area contributed by atoms with Crippen molar-refractivity contribution in [3.8, 4) is 0 Å². The van der Waals surface area contributed by atoms with Gasteiger partial charge in [-0.25, -0.2) is 0 Å². The molecule has 5 nitrogen and oxygen atoms in total. The number of benzene rings is 1. The van der Waals surface area contributed by atoms with Crippen LogP contribution in [-0.2, 0) is 19.6 Å². The van der Waals surface area contributed by atoms with Crippen molar-refractivity contribution < 1.29 is 4.42 Å². The predicted octanol–water partition coefficient (Wildman–Crippen LogP) is 4.88. The van der Waals surface area contributed by atoms with Gasteiger partial charge in [0.1, 0.15) is 5.76 Å². The Morgan fingerprint density at radius 2 is 2.07 bits per heavy atom. The van der Waals surface area contributed by atoms with Crippen LogP contribution in [0.4, 0.5) is 0 Å². The molecule has 0 aliphatic carbocycles. The Morgan fingerprint density at radius 3 is 2.80 bits per heavy atom. The fourth-order valence-electron chi connectivity index (χ4n) is 3.52. The van der Waals surface area contributed by atoms with E-state index in [-0.39, 0.29) is 5.56 Å². The summed E-state index contributed by atoms with van der Waals surface area (Å²) in [7, 11) is 0. The van der Waals surface area contributed by atoms with E-state index in [2.05, 4.69) is 29.4 Å². The highest BCUT2D eigenvalue weighted by Crippen LogP contribution is 2.20. The topological polar surface area (TPSA) is 61.3 Å². The minimum atomic E-state index is -0.0856. The normalized spacial score (nSPS) is 11.0. The Hall–Kier alpha value is -2.90. The van der Waals surface area contributed by atoms with Crippen LogP contribution in [0.15, 0.2) is 63.3 Å². The van der Waals surface area contributed by atoms with Gasteiger partial charge in [0.05, 0.1) is 25.9 Å². The number of nitrogens with one attached hydrogen (secondary N) is 2. The lowest BCUT2D eigenvalue weighted by Crippen LogP contribution is -2.39. The second kappa shape index (κ2) is 8.85. The molecule has 0 radical (unpaired) electrons. The third-order valence-electron chi connectivity index (χ3n) is 4.96. The number of aryl methyl sites for hydroxylation is 2. The van der Waals surface area contributed by atoms with Gasteiger partial charge < -0.3 is 19.6 Å². The van der Waals surface area contributed by atoms with Crippen molar-refractivity contribution in [3.05, 3.63) is 91.8 Å². The predicted molar refractivity (Wildman–Crippen MR) is 126 cm³/mol.